The average Bonchev–Trinajstić information content (AvgIpc) is 2.20. The molecule has 3 nitrogen and oxygen atoms in total. The molecule has 0 spiro atoms. The number of nitrogen functional groups attached to an aromatic ring is 1. The zero-order chi connectivity index (χ0) is 11.1. The van der Waals surface area contributed by atoms with E-state index >= 15 is 0 Å². The van der Waals surface area contributed by atoms with Gasteiger partial charge in [0.15, 0.2) is 0 Å². The van der Waals surface area contributed by atoms with E-state index in [9.17, 15) is 0 Å². The van der Waals surface area contributed by atoms with E-state index in [-0.39, 0.29) is 6.61 Å². The molecule has 0 unspecified atom stereocenters. The van der Waals surface area contributed by atoms with Gasteiger partial charge in [-0.25, -0.2) is 0 Å². The normalized spacial score (nSPS) is 10.5. The molecule has 84 valence electrons. The molecule has 0 heterocycles. The molecule has 0 atom stereocenters. The predicted molar refractivity (Wildman–Crippen MR) is 67.2 cm³/mol. The number of halogens is 1. The summed E-state index contributed by atoms with van der Waals surface area (Å²) in [5, 5.41) is 8.50. The van der Waals surface area contributed by atoms with Crippen molar-refractivity contribution in [2.24, 2.45) is 0 Å². The number of nitrogens with two attached hydrogens (primary N) is 1. The van der Waals surface area contributed by atoms with Crippen LogP contribution >= 0.6 is 27.7 Å². The van der Waals surface area contributed by atoms with Crippen LogP contribution in [0.2, 0.25) is 0 Å². The Balaban J connectivity index is 2.31. The standard InChI is InChI=1S/C10H14BrNO2S/c11-9-7-8(12)1-2-10(9)15-6-5-14-4-3-13/h1-2,7,13H,3-6,12H2. The first kappa shape index (κ1) is 12.8. The quantitative estimate of drug-likeness (QED) is 0.479. The number of aliphatic hydroxyl groups is 1. The number of rotatable bonds is 6. The summed E-state index contributed by atoms with van der Waals surface area (Å²) in [4.78, 5) is 1.15. The Labute approximate surface area is 102 Å². The van der Waals surface area contributed by atoms with E-state index in [1.807, 2.05) is 18.2 Å². The maximum Gasteiger partial charge on any atom is 0.0698 e. The Hall–Kier alpha value is -0.230. The molecule has 0 aliphatic carbocycles. The number of hydrogen-bond donors (Lipinski definition) is 2. The lowest BCUT2D eigenvalue weighted by molar-refractivity contribution is 0.103. The second-order valence-corrected chi connectivity index (χ2v) is 4.87. The van der Waals surface area contributed by atoms with Crippen LogP contribution in [0.3, 0.4) is 0 Å². The summed E-state index contributed by atoms with van der Waals surface area (Å²) in [7, 11) is 0. The van der Waals surface area contributed by atoms with Crippen LogP contribution in [0.15, 0.2) is 27.6 Å². The third kappa shape index (κ3) is 4.88. The molecule has 1 aromatic carbocycles. The summed E-state index contributed by atoms with van der Waals surface area (Å²) in [6.45, 7) is 1.13. The van der Waals surface area contributed by atoms with Crippen LogP contribution in [-0.4, -0.2) is 30.7 Å². The van der Waals surface area contributed by atoms with E-state index in [0.29, 0.717) is 13.2 Å². The first-order chi connectivity index (χ1) is 7.24. The minimum Gasteiger partial charge on any atom is -0.399 e. The number of anilines is 1. The van der Waals surface area contributed by atoms with Crippen molar-refractivity contribution < 1.29 is 9.84 Å². The molecular weight excluding hydrogens is 278 g/mol. The summed E-state index contributed by atoms with van der Waals surface area (Å²) in [6, 6.07) is 5.74. The van der Waals surface area contributed by atoms with Crippen molar-refractivity contribution in [1.29, 1.82) is 0 Å². The zero-order valence-electron chi connectivity index (χ0n) is 8.28. The number of benzene rings is 1. The highest BCUT2D eigenvalue weighted by atomic mass is 79.9. The van der Waals surface area contributed by atoms with Crippen molar-refractivity contribution in [2.45, 2.75) is 4.90 Å². The minimum atomic E-state index is 0.0796. The second kappa shape index (κ2) is 7.11. The van der Waals surface area contributed by atoms with Crippen LogP contribution in [0, 0.1) is 0 Å². The summed E-state index contributed by atoms with van der Waals surface area (Å²) >= 11 is 5.15. The van der Waals surface area contributed by atoms with E-state index < -0.39 is 0 Å². The molecule has 0 amide bonds. The van der Waals surface area contributed by atoms with E-state index in [1.165, 1.54) is 0 Å². The van der Waals surface area contributed by atoms with E-state index in [1.54, 1.807) is 11.8 Å². The molecule has 0 saturated heterocycles. The van der Waals surface area contributed by atoms with Gasteiger partial charge in [-0.05, 0) is 34.1 Å². The van der Waals surface area contributed by atoms with Gasteiger partial charge in [0, 0.05) is 20.8 Å². The lowest BCUT2D eigenvalue weighted by Gasteiger charge is -2.05. The first-order valence-electron chi connectivity index (χ1n) is 4.60. The Bertz CT molecular complexity index is 309. The SMILES string of the molecule is Nc1ccc(SCCOCCO)c(Br)c1. The van der Waals surface area contributed by atoms with Crippen molar-refractivity contribution in [3.63, 3.8) is 0 Å². The van der Waals surface area contributed by atoms with Gasteiger partial charge in [-0.15, -0.1) is 11.8 Å². The van der Waals surface area contributed by atoms with Crippen molar-refractivity contribution in [2.75, 3.05) is 31.3 Å². The molecular formula is C10H14BrNO2S. The Morgan fingerprint density at radius 2 is 2.20 bits per heavy atom. The lowest BCUT2D eigenvalue weighted by atomic mass is 10.3. The van der Waals surface area contributed by atoms with Gasteiger partial charge in [0.05, 0.1) is 19.8 Å². The topological polar surface area (TPSA) is 55.5 Å². The molecule has 15 heavy (non-hydrogen) atoms. The van der Waals surface area contributed by atoms with Gasteiger partial charge >= 0.3 is 0 Å². The smallest absolute Gasteiger partial charge is 0.0698 e. The monoisotopic (exact) mass is 291 g/mol. The Morgan fingerprint density at radius 1 is 1.40 bits per heavy atom. The van der Waals surface area contributed by atoms with E-state index in [2.05, 4.69) is 15.9 Å². The largest absolute Gasteiger partial charge is 0.399 e. The van der Waals surface area contributed by atoms with Gasteiger partial charge in [0.2, 0.25) is 0 Å². The molecule has 0 aliphatic rings. The summed E-state index contributed by atoms with van der Waals surface area (Å²) in [6.07, 6.45) is 0. The average molecular weight is 292 g/mol. The molecule has 1 rings (SSSR count). The number of thioether (sulfide) groups is 1. The van der Waals surface area contributed by atoms with Crippen LogP contribution in [0.5, 0.6) is 0 Å². The summed E-state index contributed by atoms with van der Waals surface area (Å²) < 4.78 is 6.17. The fourth-order valence-electron chi connectivity index (χ4n) is 1.01. The molecule has 1 aromatic rings. The highest BCUT2D eigenvalue weighted by Gasteiger charge is 2.00. The molecule has 0 bridgehead atoms. The van der Waals surface area contributed by atoms with Gasteiger partial charge in [-0.3, -0.25) is 0 Å². The maximum absolute atomic E-state index is 8.50. The van der Waals surface area contributed by atoms with Crippen LogP contribution < -0.4 is 5.73 Å². The first-order valence-corrected chi connectivity index (χ1v) is 6.38. The fourth-order valence-corrected chi connectivity index (χ4v) is 2.53. The number of hydrogen-bond acceptors (Lipinski definition) is 4. The van der Waals surface area contributed by atoms with Crippen LogP contribution in [-0.2, 0) is 4.74 Å². The van der Waals surface area contributed by atoms with Gasteiger partial charge in [0.1, 0.15) is 0 Å². The van der Waals surface area contributed by atoms with Crippen molar-refractivity contribution in [3.05, 3.63) is 22.7 Å². The van der Waals surface area contributed by atoms with Crippen LogP contribution in [0.4, 0.5) is 5.69 Å². The summed E-state index contributed by atoms with van der Waals surface area (Å²) in [5.41, 5.74) is 6.38. The number of aliphatic hydroxyl groups excluding tert-OH is 1. The van der Waals surface area contributed by atoms with Crippen LogP contribution in [0.1, 0.15) is 0 Å². The maximum atomic E-state index is 8.50. The summed E-state index contributed by atoms with van der Waals surface area (Å²) in [5.74, 6) is 0.864. The van der Waals surface area contributed by atoms with Gasteiger partial charge in [-0.1, -0.05) is 0 Å². The predicted octanol–water partition coefficient (Wildman–Crippen LogP) is 2.13. The third-order valence-corrected chi connectivity index (χ3v) is 3.63. The van der Waals surface area contributed by atoms with Gasteiger partial charge < -0.3 is 15.6 Å². The molecule has 0 saturated carbocycles. The zero-order valence-corrected chi connectivity index (χ0v) is 10.7. The number of ether oxygens (including phenoxy) is 1. The molecule has 0 aliphatic heterocycles. The van der Waals surface area contributed by atoms with Gasteiger partial charge in [-0.2, -0.15) is 0 Å². The molecule has 3 N–H and O–H groups in total. The molecule has 0 radical (unpaired) electrons. The van der Waals surface area contributed by atoms with Crippen molar-refractivity contribution >= 4 is 33.4 Å². The minimum absolute atomic E-state index is 0.0796. The Morgan fingerprint density at radius 3 is 2.87 bits per heavy atom. The molecule has 0 fully saturated rings. The lowest BCUT2D eigenvalue weighted by Crippen LogP contribution is -2.02. The highest BCUT2D eigenvalue weighted by molar-refractivity contribution is 9.10. The fraction of sp³-hybridized carbons (Fsp3) is 0.400. The Kier molecular flexibility index (Phi) is 6.09. The highest BCUT2D eigenvalue weighted by Crippen LogP contribution is 2.28. The molecule has 5 heteroatoms. The third-order valence-electron chi connectivity index (χ3n) is 1.68. The van der Waals surface area contributed by atoms with Crippen molar-refractivity contribution in [1.82, 2.24) is 0 Å². The van der Waals surface area contributed by atoms with Crippen molar-refractivity contribution in [3.8, 4) is 0 Å². The van der Waals surface area contributed by atoms with Gasteiger partial charge in [0.25, 0.3) is 0 Å². The van der Waals surface area contributed by atoms with E-state index in [0.717, 1.165) is 20.8 Å². The van der Waals surface area contributed by atoms with Crippen LogP contribution in [0.25, 0.3) is 0 Å². The van der Waals surface area contributed by atoms with E-state index in [4.69, 9.17) is 15.6 Å². The second-order valence-electron chi connectivity index (χ2n) is 2.87. The molecule has 0 aromatic heterocycles.